The lowest BCUT2D eigenvalue weighted by Crippen LogP contribution is -2.36. The lowest BCUT2D eigenvalue weighted by molar-refractivity contribution is -0.144. The maximum absolute atomic E-state index is 11.9. The maximum Gasteiger partial charge on any atom is 0.357 e. The van der Waals surface area contributed by atoms with Crippen molar-refractivity contribution in [1.29, 1.82) is 0 Å². The highest BCUT2D eigenvalue weighted by molar-refractivity contribution is 9.18. The van der Waals surface area contributed by atoms with Gasteiger partial charge in [0, 0.05) is 24.9 Å². The summed E-state index contributed by atoms with van der Waals surface area (Å²) in [5.41, 5.74) is 0.227. The Morgan fingerprint density at radius 3 is 2.08 bits per heavy atom. The van der Waals surface area contributed by atoms with Crippen LogP contribution in [0.3, 0.4) is 0 Å². The number of esters is 2. The number of halogens is 6. The van der Waals surface area contributed by atoms with Gasteiger partial charge in [0.15, 0.2) is 23.4 Å². The Morgan fingerprint density at radius 2 is 1.53 bits per heavy atom. The first-order chi connectivity index (χ1) is 18.0. The Morgan fingerprint density at radius 1 is 0.947 bits per heavy atom. The summed E-state index contributed by atoms with van der Waals surface area (Å²) in [5, 5.41) is 11.2. The van der Waals surface area contributed by atoms with Crippen molar-refractivity contribution in [3.63, 3.8) is 0 Å². The Hall–Kier alpha value is -1.96. The summed E-state index contributed by atoms with van der Waals surface area (Å²) in [4.78, 5) is 31.9. The van der Waals surface area contributed by atoms with Crippen molar-refractivity contribution in [2.24, 2.45) is 5.10 Å². The van der Waals surface area contributed by atoms with E-state index in [9.17, 15) is 9.59 Å². The van der Waals surface area contributed by atoms with Crippen molar-refractivity contribution in [3.05, 3.63) is 61.0 Å². The van der Waals surface area contributed by atoms with Crippen molar-refractivity contribution in [2.75, 3.05) is 18.2 Å². The van der Waals surface area contributed by atoms with Gasteiger partial charge in [0.2, 0.25) is 0 Å². The second-order valence-electron chi connectivity index (χ2n) is 7.20. The van der Waals surface area contributed by atoms with Gasteiger partial charge in [-0.05, 0) is 57.8 Å². The van der Waals surface area contributed by atoms with E-state index in [4.69, 9.17) is 55.9 Å². The Labute approximate surface area is 254 Å². The van der Waals surface area contributed by atoms with Crippen molar-refractivity contribution in [2.45, 2.75) is 26.3 Å². The SMILES string of the molecule is CCOC(=O)C1CC(Br)=NN1c1ncc(Cl)cc1Cl.CCOC(=O)c1cc(Br)nn1-c1ncc(Cl)cc1Cl. The third-order valence-electron chi connectivity index (χ3n) is 4.59. The van der Waals surface area contributed by atoms with Crippen LogP contribution in [0.2, 0.25) is 20.1 Å². The molecule has 0 saturated heterocycles. The molecule has 16 heteroatoms. The predicted molar refractivity (Wildman–Crippen MR) is 153 cm³/mol. The second-order valence-corrected chi connectivity index (χ2v) is 10.6. The highest BCUT2D eigenvalue weighted by Crippen LogP contribution is 2.32. The summed E-state index contributed by atoms with van der Waals surface area (Å²) in [6.45, 7) is 4.05. The molecule has 0 radical (unpaired) electrons. The van der Waals surface area contributed by atoms with Gasteiger partial charge in [0.25, 0.3) is 0 Å². The molecular formula is C22H18Br2Cl4N6O4. The lowest BCUT2D eigenvalue weighted by Gasteiger charge is -2.21. The number of carbonyl (C=O) groups is 2. The highest BCUT2D eigenvalue weighted by atomic mass is 79.9. The molecule has 3 aromatic rings. The second kappa shape index (κ2) is 13.9. The molecule has 0 spiro atoms. The first-order valence-electron chi connectivity index (χ1n) is 10.8. The van der Waals surface area contributed by atoms with E-state index in [0.29, 0.717) is 49.0 Å². The van der Waals surface area contributed by atoms with Crippen LogP contribution in [0.25, 0.3) is 5.82 Å². The third kappa shape index (κ3) is 7.57. The molecule has 0 amide bonds. The average Bonchev–Trinajstić information content (AvgIpc) is 3.42. The zero-order valence-corrected chi connectivity index (χ0v) is 25.9. The van der Waals surface area contributed by atoms with Gasteiger partial charge in [-0.3, -0.25) is 0 Å². The number of anilines is 1. The number of hydrogen-bond donors (Lipinski definition) is 0. The van der Waals surface area contributed by atoms with Crippen LogP contribution in [-0.4, -0.2) is 55.6 Å². The van der Waals surface area contributed by atoms with Gasteiger partial charge in [0.1, 0.15) is 9.22 Å². The molecule has 0 aliphatic carbocycles. The van der Waals surface area contributed by atoms with E-state index in [1.54, 1.807) is 19.9 Å². The largest absolute Gasteiger partial charge is 0.464 e. The van der Waals surface area contributed by atoms with E-state index in [1.165, 1.54) is 34.2 Å². The molecule has 10 nitrogen and oxygen atoms in total. The number of ether oxygens (including phenoxy) is 2. The average molecular weight is 732 g/mol. The van der Waals surface area contributed by atoms with Crippen molar-refractivity contribution < 1.29 is 19.1 Å². The van der Waals surface area contributed by atoms with Gasteiger partial charge in [-0.25, -0.2) is 29.2 Å². The summed E-state index contributed by atoms with van der Waals surface area (Å²) in [6.07, 6.45) is 3.29. The van der Waals surface area contributed by atoms with Crippen LogP contribution in [0.1, 0.15) is 30.8 Å². The van der Waals surface area contributed by atoms with E-state index >= 15 is 0 Å². The molecule has 0 aromatic carbocycles. The molecule has 0 fully saturated rings. The van der Waals surface area contributed by atoms with E-state index in [1.807, 2.05) is 0 Å². The molecule has 202 valence electrons. The third-order valence-corrected chi connectivity index (χ3v) is 6.43. The van der Waals surface area contributed by atoms with Gasteiger partial charge in [0.05, 0.1) is 33.3 Å². The number of rotatable bonds is 6. The number of nitrogens with zero attached hydrogens (tertiary/aromatic N) is 6. The summed E-state index contributed by atoms with van der Waals surface area (Å²) in [6, 6.07) is 4.04. The number of pyridine rings is 2. The monoisotopic (exact) mass is 728 g/mol. The van der Waals surface area contributed by atoms with E-state index < -0.39 is 12.0 Å². The number of carbonyl (C=O) groups excluding carboxylic acids is 2. The molecule has 4 heterocycles. The fraction of sp³-hybridized carbons (Fsp3) is 0.273. The number of aromatic nitrogens is 4. The van der Waals surface area contributed by atoms with Gasteiger partial charge < -0.3 is 9.47 Å². The fourth-order valence-electron chi connectivity index (χ4n) is 3.09. The Kier molecular flexibility index (Phi) is 11.2. The summed E-state index contributed by atoms with van der Waals surface area (Å²) in [7, 11) is 0. The summed E-state index contributed by atoms with van der Waals surface area (Å²) < 4.78 is 12.4. The molecule has 1 aliphatic heterocycles. The topological polar surface area (TPSA) is 112 Å². The van der Waals surface area contributed by atoms with Crippen molar-refractivity contribution >= 4 is 101 Å². The molecule has 3 aromatic heterocycles. The van der Waals surface area contributed by atoms with Gasteiger partial charge in [-0.2, -0.15) is 10.2 Å². The smallest absolute Gasteiger partial charge is 0.357 e. The molecule has 0 N–H and O–H groups in total. The molecule has 1 atom stereocenters. The first-order valence-corrected chi connectivity index (χ1v) is 13.9. The minimum Gasteiger partial charge on any atom is -0.464 e. The molecule has 1 aliphatic rings. The van der Waals surface area contributed by atoms with Crippen molar-refractivity contribution in [1.82, 2.24) is 19.7 Å². The zero-order chi connectivity index (χ0) is 28.0. The molecule has 0 bridgehead atoms. The minimum atomic E-state index is -0.569. The number of hydrogen-bond acceptors (Lipinski definition) is 9. The molecule has 38 heavy (non-hydrogen) atoms. The molecule has 1 unspecified atom stereocenters. The standard InChI is InChI=1S/C11H10BrCl2N3O2.C11H8BrCl2N3O2/c2*1-2-19-11(18)8-4-9(12)16-17(8)10-7(14)3-6(13)5-15-10/h3,5,8H,2,4H2,1H3;3-5H,2H2,1H3. The van der Waals surface area contributed by atoms with Gasteiger partial charge >= 0.3 is 11.9 Å². The van der Waals surface area contributed by atoms with Crippen molar-refractivity contribution in [3.8, 4) is 5.82 Å². The minimum absolute atomic E-state index is 0.227. The van der Waals surface area contributed by atoms with Crippen LogP contribution >= 0.6 is 78.3 Å². The van der Waals surface area contributed by atoms with Crippen LogP contribution in [0, 0.1) is 0 Å². The lowest BCUT2D eigenvalue weighted by atomic mass is 10.2. The van der Waals surface area contributed by atoms with Crippen LogP contribution in [-0.2, 0) is 14.3 Å². The van der Waals surface area contributed by atoms with Crippen LogP contribution in [0.15, 0.2) is 40.3 Å². The number of hydrazone groups is 1. The highest BCUT2D eigenvalue weighted by Gasteiger charge is 2.35. The normalized spacial score (nSPS) is 14.5. The van der Waals surface area contributed by atoms with E-state index in [-0.39, 0.29) is 23.3 Å². The Balaban J connectivity index is 0.000000211. The molecule has 0 saturated carbocycles. The van der Waals surface area contributed by atoms with E-state index in [2.05, 4.69) is 52.0 Å². The predicted octanol–water partition coefficient (Wildman–Crippen LogP) is 6.75. The quantitative estimate of drug-likeness (QED) is 0.256. The summed E-state index contributed by atoms with van der Waals surface area (Å²) >= 11 is 30.2. The summed E-state index contributed by atoms with van der Waals surface area (Å²) in [5.74, 6) is -0.194. The van der Waals surface area contributed by atoms with Crippen LogP contribution in [0.4, 0.5) is 5.82 Å². The fourth-order valence-corrected chi connectivity index (χ4v) is 4.87. The van der Waals surface area contributed by atoms with Gasteiger partial charge in [-0.1, -0.05) is 46.4 Å². The van der Waals surface area contributed by atoms with Gasteiger partial charge in [-0.15, -0.1) is 0 Å². The first kappa shape index (κ1) is 30.6. The molecule has 4 rings (SSSR count). The van der Waals surface area contributed by atoms with Crippen LogP contribution < -0.4 is 5.01 Å². The maximum atomic E-state index is 11.9. The Bertz CT molecular complexity index is 1370. The molecular weight excluding hydrogens is 714 g/mol. The zero-order valence-electron chi connectivity index (χ0n) is 19.7. The van der Waals surface area contributed by atoms with E-state index in [0.717, 1.165) is 0 Å². The van der Waals surface area contributed by atoms with Crippen LogP contribution in [0.5, 0.6) is 0 Å².